The highest BCUT2D eigenvalue weighted by atomic mass is 19.1. The molecule has 1 amide bonds. The smallest absolute Gasteiger partial charge is 0.237 e. The fraction of sp³-hybridized carbons (Fsp3) is 0.500. The Morgan fingerprint density at radius 2 is 2.26 bits per heavy atom. The van der Waals surface area contributed by atoms with Crippen LogP contribution in [-0.4, -0.2) is 32.1 Å². The molecule has 1 heterocycles. The van der Waals surface area contributed by atoms with E-state index in [9.17, 15) is 9.18 Å². The molecule has 1 saturated heterocycles. The predicted octanol–water partition coefficient (Wildman–Crippen LogP) is 1.38. The predicted molar refractivity (Wildman–Crippen MR) is 70.2 cm³/mol. The molecule has 2 rings (SSSR count). The Morgan fingerprint density at radius 3 is 2.84 bits per heavy atom. The second-order valence-electron chi connectivity index (χ2n) is 4.67. The van der Waals surface area contributed by atoms with E-state index >= 15 is 0 Å². The van der Waals surface area contributed by atoms with Crippen LogP contribution in [0, 0.1) is 5.82 Å². The first-order valence-corrected chi connectivity index (χ1v) is 6.50. The van der Waals surface area contributed by atoms with Crippen LogP contribution in [0.25, 0.3) is 0 Å². The zero-order valence-electron chi connectivity index (χ0n) is 11.0. The van der Waals surface area contributed by atoms with Crippen LogP contribution >= 0.6 is 0 Å². The highest BCUT2D eigenvalue weighted by Gasteiger charge is 2.22. The molecule has 0 bridgehead atoms. The van der Waals surface area contributed by atoms with Crippen LogP contribution in [0.3, 0.4) is 0 Å². The van der Waals surface area contributed by atoms with Gasteiger partial charge in [-0.05, 0) is 37.1 Å². The van der Waals surface area contributed by atoms with Crippen molar-refractivity contribution in [3.05, 3.63) is 35.6 Å². The number of ether oxygens (including phenoxy) is 1. The van der Waals surface area contributed by atoms with Gasteiger partial charge < -0.3 is 15.4 Å². The summed E-state index contributed by atoms with van der Waals surface area (Å²) < 4.78 is 18.2. The van der Waals surface area contributed by atoms with Gasteiger partial charge in [0.25, 0.3) is 0 Å². The van der Waals surface area contributed by atoms with Crippen LogP contribution in [0.1, 0.15) is 24.5 Å². The van der Waals surface area contributed by atoms with Crippen LogP contribution in [0.15, 0.2) is 24.3 Å². The first-order chi connectivity index (χ1) is 9.20. The zero-order valence-corrected chi connectivity index (χ0v) is 11.0. The molecule has 5 heteroatoms. The van der Waals surface area contributed by atoms with Gasteiger partial charge in [-0.1, -0.05) is 12.1 Å². The molecule has 2 atom stereocenters. The maximum absolute atomic E-state index is 12.9. The van der Waals surface area contributed by atoms with E-state index in [0.717, 1.165) is 24.9 Å². The SMILES string of the molecule is COC(CNC(=O)C1CCCN1)c1ccc(F)cc1. The van der Waals surface area contributed by atoms with E-state index < -0.39 is 0 Å². The summed E-state index contributed by atoms with van der Waals surface area (Å²) >= 11 is 0. The number of halogens is 1. The summed E-state index contributed by atoms with van der Waals surface area (Å²) in [5.41, 5.74) is 0.851. The fourth-order valence-electron chi connectivity index (χ4n) is 2.24. The van der Waals surface area contributed by atoms with Gasteiger partial charge in [-0.15, -0.1) is 0 Å². The highest BCUT2D eigenvalue weighted by molar-refractivity contribution is 5.82. The molecule has 0 saturated carbocycles. The third kappa shape index (κ3) is 3.75. The summed E-state index contributed by atoms with van der Waals surface area (Å²) in [4.78, 5) is 11.9. The number of amides is 1. The molecule has 2 unspecified atom stereocenters. The Morgan fingerprint density at radius 1 is 1.53 bits per heavy atom. The summed E-state index contributed by atoms with van der Waals surface area (Å²) in [7, 11) is 1.58. The molecule has 0 aromatic heterocycles. The number of methoxy groups -OCH3 is 1. The molecule has 0 aliphatic carbocycles. The molecule has 104 valence electrons. The van der Waals surface area contributed by atoms with Crippen molar-refractivity contribution in [2.24, 2.45) is 0 Å². The van der Waals surface area contributed by atoms with Crippen molar-refractivity contribution in [1.82, 2.24) is 10.6 Å². The molecular weight excluding hydrogens is 247 g/mol. The zero-order chi connectivity index (χ0) is 13.7. The lowest BCUT2D eigenvalue weighted by Crippen LogP contribution is -2.42. The van der Waals surface area contributed by atoms with Crippen molar-refractivity contribution < 1.29 is 13.9 Å². The summed E-state index contributed by atoms with van der Waals surface area (Å²) in [6.45, 7) is 1.28. The van der Waals surface area contributed by atoms with Crippen LogP contribution in [0.2, 0.25) is 0 Å². The average Bonchev–Trinajstić information content (AvgIpc) is 2.95. The van der Waals surface area contributed by atoms with Gasteiger partial charge in [0.05, 0.1) is 12.1 Å². The number of nitrogens with one attached hydrogen (secondary N) is 2. The number of hydrogen-bond acceptors (Lipinski definition) is 3. The van der Waals surface area contributed by atoms with Crippen molar-refractivity contribution >= 4 is 5.91 Å². The van der Waals surface area contributed by atoms with E-state index in [1.165, 1.54) is 12.1 Å². The second-order valence-corrected chi connectivity index (χ2v) is 4.67. The van der Waals surface area contributed by atoms with Gasteiger partial charge in [-0.2, -0.15) is 0 Å². The van der Waals surface area contributed by atoms with Crippen LogP contribution in [0.5, 0.6) is 0 Å². The molecule has 4 nitrogen and oxygen atoms in total. The third-order valence-electron chi connectivity index (χ3n) is 3.36. The Hall–Kier alpha value is -1.46. The van der Waals surface area contributed by atoms with Crippen LogP contribution in [-0.2, 0) is 9.53 Å². The Labute approximate surface area is 112 Å². The van der Waals surface area contributed by atoms with Gasteiger partial charge in [-0.25, -0.2) is 4.39 Å². The van der Waals surface area contributed by atoms with Crippen molar-refractivity contribution in [2.75, 3.05) is 20.2 Å². The van der Waals surface area contributed by atoms with Crippen LogP contribution < -0.4 is 10.6 Å². The average molecular weight is 266 g/mol. The minimum absolute atomic E-state index is 0.00154. The number of hydrogen-bond donors (Lipinski definition) is 2. The van der Waals surface area contributed by atoms with Gasteiger partial charge in [0, 0.05) is 13.7 Å². The first-order valence-electron chi connectivity index (χ1n) is 6.50. The molecule has 0 radical (unpaired) electrons. The number of benzene rings is 1. The topological polar surface area (TPSA) is 50.4 Å². The third-order valence-corrected chi connectivity index (χ3v) is 3.36. The van der Waals surface area contributed by atoms with E-state index in [4.69, 9.17) is 4.74 Å². The number of carbonyl (C=O) groups is 1. The molecule has 1 aliphatic rings. The summed E-state index contributed by atoms with van der Waals surface area (Å²) in [5, 5.41) is 6.01. The van der Waals surface area contributed by atoms with Crippen molar-refractivity contribution in [3.63, 3.8) is 0 Å². The molecular formula is C14H19FN2O2. The molecule has 19 heavy (non-hydrogen) atoms. The van der Waals surface area contributed by atoms with Crippen molar-refractivity contribution in [3.8, 4) is 0 Å². The Bertz CT molecular complexity index is 416. The number of carbonyl (C=O) groups excluding carboxylic acids is 1. The van der Waals surface area contributed by atoms with Gasteiger partial charge >= 0.3 is 0 Å². The van der Waals surface area contributed by atoms with Gasteiger partial charge in [0.15, 0.2) is 0 Å². The van der Waals surface area contributed by atoms with E-state index in [1.807, 2.05) is 0 Å². The quantitative estimate of drug-likeness (QED) is 0.846. The molecule has 1 aromatic rings. The van der Waals surface area contributed by atoms with E-state index in [-0.39, 0.29) is 23.9 Å². The van der Waals surface area contributed by atoms with Gasteiger partial charge in [-0.3, -0.25) is 4.79 Å². The minimum atomic E-state index is -0.280. The Balaban J connectivity index is 1.88. The second kappa shape index (κ2) is 6.63. The molecule has 0 spiro atoms. The molecule has 2 N–H and O–H groups in total. The van der Waals surface area contributed by atoms with Crippen LogP contribution in [0.4, 0.5) is 4.39 Å². The minimum Gasteiger partial charge on any atom is -0.375 e. The maximum Gasteiger partial charge on any atom is 0.237 e. The van der Waals surface area contributed by atoms with Gasteiger partial charge in [0.2, 0.25) is 5.91 Å². The largest absolute Gasteiger partial charge is 0.375 e. The lowest BCUT2D eigenvalue weighted by molar-refractivity contribution is -0.123. The first kappa shape index (κ1) is 14.0. The van der Waals surface area contributed by atoms with Gasteiger partial charge in [0.1, 0.15) is 5.82 Å². The molecule has 1 aromatic carbocycles. The number of rotatable bonds is 5. The maximum atomic E-state index is 12.9. The fourth-order valence-corrected chi connectivity index (χ4v) is 2.24. The van der Waals surface area contributed by atoms with E-state index in [0.29, 0.717) is 6.54 Å². The van der Waals surface area contributed by atoms with E-state index in [2.05, 4.69) is 10.6 Å². The lowest BCUT2D eigenvalue weighted by atomic mass is 10.1. The highest BCUT2D eigenvalue weighted by Crippen LogP contribution is 2.16. The Kier molecular flexibility index (Phi) is 4.87. The van der Waals surface area contributed by atoms with Crippen molar-refractivity contribution in [2.45, 2.75) is 25.0 Å². The normalized spacial score (nSPS) is 20.2. The summed E-state index contributed by atoms with van der Waals surface area (Å²) in [5.74, 6) is -0.278. The standard InChI is InChI=1S/C14H19FN2O2/c1-19-13(10-4-6-11(15)7-5-10)9-17-14(18)12-3-2-8-16-12/h4-7,12-13,16H,2-3,8-9H2,1H3,(H,17,18). The van der Waals surface area contributed by atoms with Crippen molar-refractivity contribution in [1.29, 1.82) is 0 Å². The molecule has 1 fully saturated rings. The van der Waals surface area contributed by atoms with E-state index in [1.54, 1.807) is 19.2 Å². The summed E-state index contributed by atoms with van der Waals surface area (Å²) in [6.07, 6.45) is 1.65. The monoisotopic (exact) mass is 266 g/mol. The molecule has 1 aliphatic heterocycles. The lowest BCUT2D eigenvalue weighted by Gasteiger charge is -2.18. The summed E-state index contributed by atoms with van der Waals surface area (Å²) in [6, 6.07) is 6.03.